The molecule has 2 aromatic carbocycles. The molecule has 1 aliphatic rings. The van der Waals surface area contributed by atoms with E-state index in [0.717, 1.165) is 4.47 Å². The Morgan fingerprint density at radius 2 is 1.77 bits per heavy atom. The zero-order chi connectivity index (χ0) is 18.8. The lowest BCUT2D eigenvalue weighted by Gasteiger charge is -2.24. The van der Waals surface area contributed by atoms with Gasteiger partial charge in [0.25, 0.3) is 11.7 Å². The molecule has 1 aliphatic heterocycles. The van der Waals surface area contributed by atoms with Crippen molar-refractivity contribution in [2.24, 2.45) is 0 Å². The minimum Gasteiger partial charge on any atom is -0.507 e. The second-order valence-corrected chi connectivity index (χ2v) is 7.15. The van der Waals surface area contributed by atoms with E-state index in [2.05, 4.69) is 22.5 Å². The van der Waals surface area contributed by atoms with Gasteiger partial charge in [-0.15, -0.1) is 6.58 Å². The van der Waals surface area contributed by atoms with Gasteiger partial charge in [0.05, 0.1) is 11.6 Å². The quantitative estimate of drug-likeness (QED) is 0.329. The number of halogens is 2. The Bertz CT molecular complexity index is 904. The highest BCUT2D eigenvalue weighted by Gasteiger charge is 2.45. The maximum atomic E-state index is 12.6. The van der Waals surface area contributed by atoms with Gasteiger partial charge in [0.1, 0.15) is 5.76 Å². The molecule has 0 unspecified atom stereocenters. The number of nitrogens with zero attached hydrogens (tertiary/aromatic N) is 1. The molecule has 1 fully saturated rings. The van der Waals surface area contributed by atoms with Gasteiger partial charge in [-0.1, -0.05) is 57.9 Å². The molecule has 1 atom stereocenters. The number of aliphatic hydroxyl groups is 1. The number of hydrogen-bond acceptors (Lipinski definition) is 3. The first-order valence-corrected chi connectivity index (χ1v) is 9.02. The molecular weight excluding hydrogens is 418 g/mol. The molecule has 0 radical (unpaired) electrons. The standard InChI is InChI=1S/C20H15BrClNO3/c1-2-11-23-17(12-5-9-15(22)10-6-12)16(19(25)20(23)26)18(24)13-3-7-14(21)8-4-13/h2-10,17,24H,1,11H2/b18-16+/t17-/m1/s1. The fourth-order valence-electron chi connectivity index (χ4n) is 2.96. The average Bonchev–Trinajstić information content (AvgIpc) is 2.88. The van der Waals surface area contributed by atoms with Crippen LogP contribution in [0.3, 0.4) is 0 Å². The molecule has 1 N–H and O–H groups in total. The van der Waals surface area contributed by atoms with E-state index >= 15 is 0 Å². The smallest absolute Gasteiger partial charge is 0.295 e. The highest BCUT2D eigenvalue weighted by atomic mass is 79.9. The molecule has 1 heterocycles. The van der Waals surface area contributed by atoms with Crippen molar-refractivity contribution in [3.8, 4) is 0 Å². The molecule has 1 saturated heterocycles. The Kier molecular flexibility index (Phi) is 5.30. The van der Waals surface area contributed by atoms with Gasteiger partial charge in [0, 0.05) is 21.6 Å². The summed E-state index contributed by atoms with van der Waals surface area (Å²) in [5, 5.41) is 11.3. The number of carbonyl (C=O) groups is 2. The lowest BCUT2D eigenvalue weighted by Crippen LogP contribution is -2.29. The van der Waals surface area contributed by atoms with E-state index in [1.807, 2.05) is 0 Å². The van der Waals surface area contributed by atoms with Crippen molar-refractivity contribution in [2.75, 3.05) is 6.54 Å². The number of amides is 1. The minimum absolute atomic E-state index is 0.0569. The lowest BCUT2D eigenvalue weighted by molar-refractivity contribution is -0.139. The third-order valence-corrected chi connectivity index (χ3v) is 4.95. The van der Waals surface area contributed by atoms with Crippen molar-refractivity contribution in [1.29, 1.82) is 0 Å². The summed E-state index contributed by atoms with van der Waals surface area (Å²) >= 11 is 9.29. The molecule has 0 saturated carbocycles. The average molecular weight is 433 g/mol. The Hall–Kier alpha value is -2.37. The van der Waals surface area contributed by atoms with Crippen molar-refractivity contribution in [2.45, 2.75) is 6.04 Å². The zero-order valence-corrected chi connectivity index (χ0v) is 16.0. The predicted octanol–water partition coefficient (Wildman–Crippen LogP) is 4.71. The Morgan fingerprint density at radius 1 is 1.15 bits per heavy atom. The maximum absolute atomic E-state index is 12.6. The van der Waals surface area contributed by atoms with Crippen LogP contribution in [0.25, 0.3) is 5.76 Å². The molecule has 4 nitrogen and oxygen atoms in total. The number of rotatable bonds is 4. The van der Waals surface area contributed by atoms with Crippen molar-refractivity contribution >= 4 is 45.0 Å². The Morgan fingerprint density at radius 3 is 2.35 bits per heavy atom. The molecular formula is C20H15BrClNO3. The van der Waals surface area contributed by atoms with Crippen LogP contribution in [0.15, 0.2) is 71.2 Å². The van der Waals surface area contributed by atoms with Crippen LogP contribution in [0.4, 0.5) is 0 Å². The van der Waals surface area contributed by atoms with Crippen molar-refractivity contribution < 1.29 is 14.7 Å². The van der Waals surface area contributed by atoms with Crippen molar-refractivity contribution in [3.05, 3.63) is 87.4 Å². The molecule has 26 heavy (non-hydrogen) atoms. The van der Waals surface area contributed by atoms with Crippen LogP contribution >= 0.6 is 27.5 Å². The van der Waals surface area contributed by atoms with Gasteiger partial charge >= 0.3 is 0 Å². The highest BCUT2D eigenvalue weighted by molar-refractivity contribution is 9.10. The minimum atomic E-state index is -0.716. The summed E-state index contributed by atoms with van der Waals surface area (Å²) in [4.78, 5) is 26.5. The Balaban J connectivity index is 2.18. The summed E-state index contributed by atoms with van der Waals surface area (Å²) in [7, 11) is 0. The summed E-state index contributed by atoms with van der Waals surface area (Å²) in [5.74, 6) is -1.59. The lowest BCUT2D eigenvalue weighted by atomic mass is 9.95. The summed E-state index contributed by atoms with van der Waals surface area (Å²) in [6, 6.07) is 13.0. The monoisotopic (exact) mass is 431 g/mol. The number of carbonyl (C=O) groups excluding carboxylic acids is 2. The number of hydrogen-bond donors (Lipinski definition) is 1. The fraction of sp³-hybridized carbons (Fsp3) is 0.100. The van der Waals surface area contributed by atoms with Crippen molar-refractivity contribution in [1.82, 2.24) is 4.90 Å². The van der Waals surface area contributed by atoms with Gasteiger partial charge in [-0.2, -0.15) is 0 Å². The molecule has 0 aliphatic carbocycles. The molecule has 6 heteroatoms. The van der Waals surface area contributed by atoms with E-state index < -0.39 is 17.7 Å². The third-order valence-electron chi connectivity index (χ3n) is 4.17. The van der Waals surface area contributed by atoms with E-state index in [1.165, 1.54) is 4.90 Å². The van der Waals surface area contributed by atoms with E-state index in [9.17, 15) is 14.7 Å². The molecule has 3 rings (SSSR count). The zero-order valence-electron chi connectivity index (χ0n) is 13.7. The van der Waals surface area contributed by atoms with Gasteiger partial charge in [-0.25, -0.2) is 0 Å². The summed E-state index contributed by atoms with van der Waals surface area (Å²) in [5.41, 5.74) is 1.21. The van der Waals surface area contributed by atoms with E-state index in [4.69, 9.17) is 11.6 Å². The molecule has 0 aromatic heterocycles. The van der Waals surface area contributed by atoms with Gasteiger partial charge in [-0.05, 0) is 29.8 Å². The van der Waals surface area contributed by atoms with Gasteiger partial charge in [0.2, 0.25) is 0 Å². The predicted molar refractivity (Wildman–Crippen MR) is 105 cm³/mol. The molecule has 2 aromatic rings. The number of Topliss-reactive ketones (excluding diaryl/α,β-unsaturated/α-hetero) is 1. The van der Waals surface area contributed by atoms with Crippen LogP contribution < -0.4 is 0 Å². The van der Waals surface area contributed by atoms with E-state index in [1.54, 1.807) is 54.6 Å². The first kappa shape index (κ1) is 18.4. The number of likely N-dealkylation sites (tertiary alicyclic amines) is 1. The molecule has 132 valence electrons. The second kappa shape index (κ2) is 7.48. The third kappa shape index (κ3) is 3.32. The normalized spacial score (nSPS) is 19.0. The largest absolute Gasteiger partial charge is 0.507 e. The van der Waals surface area contributed by atoms with E-state index in [0.29, 0.717) is 16.1 Å². The number of ketones is 1. The number of aliphatic hydroxyl groups excluding tert-OH is 1. The Labute approximate surface area is 164 Å². The van der Waals surface area contributed by atoms with Crippen molar-refractivity contribution in [3.63, 3.8) is 0 Å². The molecule has 1 amide bonds. The van der Waals surface area contributed by atoms with E-state index in [-0.39, 0.29) is 17.9 Å². The van der Waals surface area contributed by atoms with Crippen LogP contribution in [0.5, 0.6) is 0 Å². The SMILES string of the molecule is C=CCN1C(=O)C(=O)/C(=C(/O)c2ccc(Br)cc2)[C@H]1c1ccc(Cl)cc1. The number of benzene rings is 2. The van der Waals surface area contributed by atoms with Crippen LogP contribution in [0, 0.1) is 0 Å². The van der Waals surface area contributed by atoms with Crippen LogP contribution in [0.2, 0.25) is 5.02 Å². The highest BCUT2D eigenvalue weighted by Crippen LogP contribution is 2.39. The maximum Gasteiger partial charge on any atom is 0.295 e. The van der Waals surface area contributed by atoms with Gasteiger partial charge < -0.3 is 10.0 Å². The second-order valence-electron chi connectivity index (χ2n) is 5.80. The van der Waals surface area contributed by atoms with Crippen LogP contribution in [0.1, 0.15) is 17.2 Å². The first-order chi connectivity index (χ1) is 12.4. The van der Waals surface area contributed by atoms with Gasteiger partial charge in [0.15, 0.2) is 0 Å². The molecule has 0 bridgehead atoms. The molecule has 0 spiro atoms. The topological polar surface area (TPSA) is 57.6 Å². The summed E-state index contributed by atoms with van der Waals surface area (Å²) in [6.45, 7) is 3.84. The fourth-order valence-corrected chi connectivity index (χ4v) is 3.35. The van der Waals surface area contributed by atoms with Crippen LogP contribution in [-0.4, -0.2) is 28.2 Å². The van der Waals surface area contributed by atoms with Crippen LogP contribution in [-0.2, 0) is 9.59 Å². The summed E-state index contributed by atoms with van der Waals surface area (Å²) in [6.07, 6.45) is 1.55. The van der Waals surface area contributed by atoms with Gasteiger partial charge in [-0.3, -0.25) is 9.59 Å². The summed E-state index contributed by atoms with van der Waals surface area (Å²) < 4.78 is 0.843. The first-order valence-electron chi connectivity index (χ1n) is 7.84.